The molecule has 1 atom stereocenters. The van der Waals surface area contributed by atoms with Gasteiger partial charge in [-0.3, -0.25) is 14.5 Å². The lowest BCUT2D eigenvalue weighted by molar-refractivity contribution is -0.207. The third kappa shape index (κ3) is 6.12. The van der Waals surface area contributed by atoms with Gasteiger partial charge in [0.05, 0.1) is 19.7 Å². The largest absolute Gasteiger partial charge is 0.490 e. The van der Waals surface area contributed by atoms with Gasteiger partial charge in [-0.25, -0.2) is 4.79 Å². The van der Waals surface area contributed by atoms with Gasteiger partial charge in [0.1, 0.15) is 11.6 Å². The van der Waals surface area contributed by atoms with Crippen LogP contribution in [0.4, 0.5) is 13.2 Å². The van der Waals surface area contributed by atoms with Crippen LogP contribution in [0.5, 0.6) is 0 Å². The normalized spacial score (nSPS) is 25.0. The fraction of sp³-hybridized carbons (Fsp3) is 0.857. The first-order valence-electron chi connectivity index (χ1n) is 11.1. The summed E-state index contributed by atoms with van der Waals surface area (Å²) in [7, 11) is 0. The van der Waals surface area contributed by atoms with Gasteiger partial charge in [-0.15, -0.1) is 0 Å². The summed E-state index contributed by atoms with van der Waals surface area (Å²) in [6.07, 6.45) is -0.779. The summed E-state index contributed by atoms with van der Waals surface area (Å²) in [6, 6.07) is -0.119. The molecule has 3 heterocycles. The predicted molar refractivity (Wildman–Crippen MR) is 108 cm³/mol. The molecule has 32 heavy (non-hydrogen) atoms. The van der Waals surface area contributed by atoms with Crippen LogP contribution in [0, 0.1) is 11.8 Å². The number of carbonyl (C=O) groups is 3. The zero-order valence-corrected chi connectivity index (χ0v) is 18.6. The van der Waals surface area contributed by atoms with E-state index in [2.05, 4.69) is 18.7 Å². The minimum atomic E-state index is -5.08. The van der Waals surface area contributed by atoms with E-state index >= 15 is 0 Å². The summed E-state index contributed by atoms with van der Waals surface area (Å²) in [5.41, 5.74) is -0.243. The number of rotatable bonds is 5. The Morgan fingerprint density at radius 2 is 1.69 bits per heavy atom. The van der Waals surface area contributed by atoms with Crippen LogP contribution in [0.15, 0.2) is 0 Å². The molecule has 1 unspecified atom stereocenters. The number of halogens is 3. The van der Waals surface area contributed by atoms with E-state index in [0.717, 1.165) is 38.5 Å². The van der Waals surface area contributed by atoms with Gasteiger partial charge in [0.2, 0.25) is 11.8 Å². The molecule has 3 saturated heterocycles. The number of alkyl halides is 3. The lowest BCUT2D eigenvalue weighted by Gasteiger charge is -2.56. The number of morpholine rings is 1. The molecule has 0 aromatic rings. The lowest BCUT2D eigenvalue weighted by atomic mass is 9.89. The van der Waals surface area contributed by atoms with Gasteiger partial charge in [-0.2, -0.15) is 13.2 Å². The Morgan fingerprint density at radius 1 is 1.09 bits per heavy atom. The molecule has 0 aromatic heterocycles. The number of hydrogen-bond donors (Lipinski definition) is 1. The molecule has 1 saturated carbocycles. The molecule has 1 spiro atoms. The Morgan fingerprint density at radius 3 is 2.12 bits per heavy atom. The minimum Gasteiger partial charge on any atom is -0.475 e. The number of hydrogen-bond acceptors (Lipinski definition) is 5. The van der Waals surface area contributed by atoms with E-state index in [1.807, 2.05) is 9.80 Å². The van der Waals surface area contributed by atoms with Gasteiger partial charge in [0, 0.05) is 32.6 Å². The second-order valence-corrected chi connectivity index (χ2v) is 9.71. The Kier molecular flexibility index (Phi) is 7.38. The van der Waals surface area contributed by atoms with E-state index in [4.69, 9.17) is 14.6 Å². The Bertz CT molecular complexity index is 716. The summed E-state index contributed by atoms with van der Waals surface area (Å²) in [6.45, 7) is 9.60. The van der Waals surface area contributed by atoms with Crippen LogP contribution in [-0.4, -0.2) is 101 Å². The lowest BCUT2D eigenvalue weighted by Crippen LogP contribution is -2.74. The molecule has 11 heteroatoms. The summed E-state index contributed by atoms with van der Waals surface area (Å²) in [5, 5.41) is 7.12. The van der Waals surface area contributed by atoms with E-state index < -0.39 is 12.1 Å². The van der Waals surface area contributed by atoms with Crippen molar-refractivity contribution in [1.29, 1.82) is 0 Å². The maximum Gasteiger partial charge on any atom is 0.490 e. The van der Waals surface area contributed by atoms with Crippen molar-refractivity contribution in [3.63, 3.8) is 0 Å². The molecule has 1 aliphatic carbocycles. The van der Waals surface area contributed by atoms with Crippen LogP contribution in [0.2, 0.25) is 0 Å². The van der Waals surface area contributed by atoms with E-state index in [-0.39, 0.29) is 23.5 Å². The molecule has 4 aliphatic rings. The van der Waals surface area contributed by atoms with Crippen LogP contribution in [0.1, 0.15) is 39.5 Å². The number of amides is 2. The average Bonchev–Trinajstić information content (AvgIpc) is 3.41. The van der Waals surface area contributed by atoms with Crippen LogP contribution < -0.4 is 0 Å². The minimum absolute atomic E-state index is 0.119. The highest BCUT2D eigenvalue weighted by atomic mass is 19.4. The first-order valence-corrected chi connectivity index (χ1v) is 11.1. The topological polar surface area (TPSA) is 90.4 Å². The molecule has 0 bridgehead atoms. The quantitative estimate of drug-likeness (QED) is 0.666. The molecule has 1 N–H and O–H groups in total. The monoisotopic (exact) mass is 463 g/mol. The summed E-state index contributed by atoms with van der Waals surface area (Å²) in [5.74, 6) is -1.14. The summed E-state index contributed by atoms with van der Waals surface area (Å²) in [4.78, 5) is 40.1. The van der Waals surface area contributed by atoms with Gasteiger partial charge in [-0.05, 0) is 31.1 Å². The van der Waals surface area contributed by atoms with Crippen molar-refractivity contribution in [1.82, 2.24) is 14.7 Å². The summed E-state index contributed by atoms with van der Waals surface area (Å²) < 4.78 is 37.9. The number of ether oxygens (including phenoxy) is 1. The van der Waals surface area contributed by atoms with Crippen molar-refractivity contribution in [2.75, 3.05) is 45.9 Å². The third-order valence-electron chi connectivity index (χ3n) is 6.26. The van der Waals surface area contributed by atoms with Gasteiger partial charge < -0.3 is 19.6 Å². The zero-order chi connectivity index (χ0) is 23.7. The van der Waals surface area contributed by atoms with Crippen LogP contribution in [-0.2, 0) is 19.1 Å². The predicted octanol–water partition coefficient (Wildman–Crippen LogP) is 1.59. The maximum absolute atomic E-state index is 12.7. The second kappa shape index (κ2) is 9.54. The Balaban J connectivity index is 0.000000360. The van der Waals surface area contributed by atoms with E-state index in [0.29, 0.717) is 32.0 Å². The average molecular weight is 463 g/mol. The molecule has 182 valence electrons. The van der Waals surface area contributed by atoms with Crippen molar-refractivity contribution in [3.8, 4) is 0 Å². The molecular weight excluding hydrogens is 431 g/mol. The van der Waals surface area contributed by atoms with Crippen molar-refractivity contribution in [2.45, 2.75) is 57.3 Å². The van der Waals surface area contributed by atoms with E-state index in [1.54, 1.807) is 0 Å². The molecular formula is C21H32F3N3O5. The molecule has 4 fully saturated rings. The van der Waals surface area contributed by atoms with Gasteiger partial charge in [0.15, 0.2) is 0 Å². The van der Waals surface area contributed by atoms with E-state index in [1.165, 1.54) is 12.8 Å². The number of likely N-dealkylation sites (tertiary alicyclic amines) is 2. The van der Waals surface area contributed by atoms with Crippen LogP contribution in [0.3, 0.4) is 0 Å². The van der Waals surface area contributed by atoms with Crippen molar-refractivity contribution in [2.24, 2.45) is 11.8 Å². The van der Waals surface area contributed by atoms with Crippen molar-refractivity contribution < 1.29 is 37.4 Å². The first kappa shape index (κ1) is 24.8. The van der Waals surface area contributed by atoms with Crippen LogP contribution in [0.25, 0.3) is 0 Å². The Hall–Kier alpha value is -1.88. The van der Waals surface area contributed by atoms with Gasteiger partial charge in [0.25, 0.3) is 0 Å². The van der Waals surface area contributed by atoms with Crippen molar-refractivity contribution in [3.05, 3.63) is 0 Å². The fourth-order valence-electron chi connectivity index (χ4n) is 4.18. The number of aliphatic carboxylic acids is 1. The number of carboxylic acids is 1. The van der Waals surface area contributed by atoms with Gasteiger partial charge >= 0.3 is 12.1 Å². The maximum atomic E-state index is 12.7. The van der Waals surface area contributed by atoms with Gasteiger partial charge in [-0.1, -0.05) is 13.8 Å². The number of nitrogens with zero attached hydrogens (tertiary/aromatic N) is 3. The van der Waals surface area contributed by atoms with Crippen LogP contribution >= 0.6 is 0 Å². The zero-order valence-electron chi connectivity index (χ0n) is 18.6. The second-order valence-electron chi connectivity index (χ2n) is 9.71. The van der Waals surface area contributed by atoms with Crippen molar-refractivity contribution >= 4 is 17.8 Å². The fourth-order valence-corrected chi connectivity index (χ4v) is 4.18. The molecule has 4 rings (SSSR count). The molecule has 0 aromatic carbocycles. The number of carbonyl (C=O) groups excluding carboxylic acids is 2. The smallest absolute Gasteiger partial charge is 0.475 e. The molecule has 3 aliphatic heterocycles. The molecule has 2 amide bonds. The highest BCUT2D eigenvalue weighted by Crippen LogP contribution is 2.36. The highest BCUT2D eigenvalue weighted by Gasteiger charge is 2.53. The first-order chi connectivity index (χ1) is 14.9. The number of carboxylic acid groups (broad SMARTS) is 1. The summed E-state index contributed by atoms with van der Waals surface area (Å²) >= 11 is 0. The van der Waals surface area contributed by atoms with E-state index in [9.17, 15) is 22.8 Å². The molecule has 0 radical (unpaired) electrons. The SMILES string of the molecule is CC(C)CC(=O)N1CC2(C1)CN(CC1CC1)C(C(=O)N1CCC1)CO2.O=C(O)C(F)(F)F. The standard InChI is InChI=1S/C19H31N3O3.C2HF3O2/c1-14(2)8-17(23)22-12-19(13-22)11-21(9-15-4-5-15)16(10-25-19)18(24)20-6-3-7-20;3-2(4,5)1(6)7/h14-16H,3-13H2,1-2H3;(H,6,7). The highest BCUT2D eigenvalue weighted by molar-refractivity contribution is 5.83. The Labute approximate surface area is 185 Å². The third-order valence-corrected chi connectivity index (χ3v) is 6.26. The molecule has 8 nitrogen and oxygen atoms in total.